The fourth-order valence-corrected chi connectivity index (χ4v) is 4.35. The molecule has 0 radical (unpaired) electrons. The van der Waals surface area contributed by atoms with Crippen LogP contribution in [0.15, 0.2) is 83.8 Å². The molecule has 3 aromatic carbocycles. The van der Waals surface area contributed by atoms with E-state index in [0.29, 0.717) is 5.69 Å². The van der Waals surface area contributed by atoms with Gasteiger partial charge in [0, 0.05) is 19.3 Å². The normalized spacial score (nSPS) is 12.2. The molecule has 0 fully saturated rings. The molecule has 172 valence electrons. The zero-order valence-corrected chi connectivity index (χ0v) is 19.6. The van der Waals surface area contributed by atoms with Crippen LogP contribution in [0.5, 0.6) is 0 Å². The Bertz CT molecular complexity index is 1230. The topological polar surface area (TPSA) is 92.8 Å². The molecule has 0 bridgehead atoms. The Kier molecular flexibility index (Phi) is 7.86. The van der Waals surface area contributed by atoms with Gasteiger partial charge in [0.25, 0.3) is 5.91 Å². The number of nitrogens with one attached hydrogen (secondary N) is 1. The molecule has 0 unspecified atom stereocenters. The number of sulfonamides is 1. The average Bonchev–Trinajstić information content (AvgIpc) is 2.80. The van der Waals surface area contributed by atoms with E-state index in [1.807, 2.05) is 30.3 Å². The van der Waals surface area contributed by atoms with Crippen molar-refractivity contribution in [3.8, 4) is 0 Å². The second-order valence-electron chi connectivity index (χ2n) is 7.29. The Morgan fingerprint density at radius 1 is 1.00 bits per heavy atom. The third-order valence-corrected chi connectivity index (χ3v) is 6.94. The molecule has 0 heterocycles. The van der Waals surface area contributed by atoms with E-state index in [9.17, 15) is 18.0 Å². The number of carbonyl (C=O) groups excluding carboxylic acids is 2. The highest BCUT2D eigenvalue weighted by Gasteiger charge is 2.26. The monoisotopic (exact) mass is 486 g/mol. The number of carbonyl (C=O) groups is 2. The van der Waals surface area contributed by atoms with Crippen LogP contribution in [-0.2, 0) is 26.1 Å². The molecule has 0 aliphatic carbocycles. The molecule has 1 amide bonds. The largest absolute Gasteiger partial charge is 0.449 e. The van der Waals surface area contributed by atoms with Crippen molar-refractivity contribution in [1.82, 2.24) is 4.31 Å². The lowest BCUT2D eigenvalue weighted by Crippen LogP contribution is -2.30. The maximum atomic E-state index is 13.0. The Labute approximate surface area is 198 Å². The van der Waals surface area contributed by atoms with Gasteiger partial charge in [-0.15, -0.1) is 0 Å². The van der Waals surface area contributed by atoms with Crippen LogP contribution in [-0.4, -0.2) is 37.8 Å². The van der Waals surface area contributed by atoms with Crippen LogP contribution in [0, 0.1) is 0 Å². The van der Waals surface area contributed by atoms with Crippen LogP contribution in [0.4, 0.5) is 5.69 Å². The van der Waals surface area contributed by atoms with Crippen molar-refractivity contribution >= 4 is 39.2 Å². The van der Waals surface area contributed by atoms with E-state index in [0.717, 1.165) is 11.6 Å². The predicted molar refractivity (Wildman–Crippen MR) is 126 cm³/mol. The van der Waals surface area contributed by atoms with Crippen molar-refractivity contribution in [3.63, 3.8) is 0 Å². The van der Waals surface area contributed by atoms with Crippen LogP contribution in [0.1, 0.15) is 22.8 Å². The average molecular weight is 487 g/mol. The molecule has 0 spiro atoms. The van der Waals surface area contributed by atoms with Crippen molar-refractivity contribution < 1.29 is 22.7 Å². The molecule has 1 atom stereocenters. The van der Waals surface area contributed by atoms with Gasteiger partial charge in [0.2, 0.25) is 10.0 Å². The third-order valence-electron chi connectivity index (χ3n) is 4.81. The molecule has 9 heteroatoms. The van der Waals surface area contributed by atoms with Crippen LogP contribution >= 0.6 is 11.6 Å². The fourth-order valence-electron chi connectivity index (χ4n) is 2.97. The van der Waals surface area contributed by atoms with Gasteiger partial charge in [0.05, 0.1) is 15.5 Å². The third kappa shape index (κ3) is 6.19. The Morgan fingerprint density at radius 3 is 2.24 bits per heavy atom. The molecule has 3 rings (SSSR count). The number of nitrogens with zero attached hydrogens (tertiary/aromatic N) is 1. The van der Waals surface area contributed by atoms with Crippen molar-refractivity contribution in [2.75, 3.05) is 12.4 Å². The molecular weight excluding hydrogens is 464 g/mol. The number of hydrogen-bond donors (Lipinski definition) is 1. The minimum Gasteiger partial charge on any atom is -0.449 e. The number of ether oxygens (including phenoxy) is 1. The van der Waals surface area contributed by atoms with Gasteiger partial charge < -0.3 is 10.1 Å². The van der Waals surface area contributed by atoms with Gasteiger partial charge in [0.15, 0.2) is 6.10 Å². The summed E-state index contributed by atoms with van der Waals surface area (Å²) in [6, 6.07) is 21.6. The van der Waals surface area contributed by atoms with Gasteiger partial charge >= 0.3 is 5.97 Å². The van der Waals surface area contributed by atoms with Crippen LogP contribution in [0.3, 0.4) is 0 Å². The number of anilines is 1. The summed E-state index contributed by atoms with van der Waals surface area (Å²) in [5.41, 5.74) is 1.22. The highest BCUT2D eigenvalue weighted by molar-refractivity contribution is 7.89. The Hall–Kier alpha value is -3.20. The van der Waals surface area contributed by atoms with Gasteiger partial charge in [-0.1, -0.05) is 60.1 Å². The lowest BCUT2D eigenvalue weighted by atomic mass is 10.2. The highest BCUT2D eigenvalue weighted by atomic mass is 35.5. The molecule has 1 N–H and O–H groups in total. The predicted octanol–water partition coefficient (Wildman–Crippen LogP) is 4.34. The lowest BCUT2D eigenvalue weighted by molar-refractivity contribution is -0.123. The quantitative estimate of drug-likeness (QED) is 0.478. The van der Waals surface area contributed by atoms with Gasteiger partial charge in [-0.2, -0.15) is 4.31 Å². The van der Waals surface area contributed by atoms with E-state index < -0.39 is 28.0 Å². The number of rotatable bonds is 8. The molecule has 0 saturated carbocycles. The van der Waals surface area contributed by atoms with Gasteiger partial charge in [-0.05, 0) is 42.8 Å². The summed E-state index contributed by atoms with van der Waals surface area (Å²) in [5.74, 6) is -1.43. The van der Waals surface area contributed by atoms with Crippen molar-refractivity contribution in [3.05, 3.63) is 95.0 Å². The van der Waals surface area contributed by atoms with E-state index in [-0.39, 0.29) is 22.0 Å². The lowest BCUT2D eigenvalue weighted by Gasteiger charge is -2.18. The Morgan fingerprint density at radius 2 is 1.61 bits per heavy atom. The van der Waals surface area contributed by atoms with Crippen LogP contribution in [0.25, 0.3) is 0 Å². The summed E-state index contributed by atoms with van der Waals surface area (Å²) in [5, 5.41) is 2.65. The number of amides is 1. The van der Waals surface area contributed by atoms with Crippen LogP contribution in [0.2, 0.25) is 5.02 Å². The van der Waals surface area contributed by atoms with E-state index in [4.69, 9.17) is 16.3 Å². The molecular formula is C24H23ClN2O5S. The number of halogens is 1. The summed E-state index contributed by atoms with van der Waals surface area (Å²) < 4.78 is 32.5. The summed E-state index contributed by atoms with van der Waals surface area (Å²) >= 11 is 6.13. The minimum absolute atomic E-state index is 0.0142. The first-order chi connectivity index (χ1) is 15.7. The number of para-hydroxylation sites is 1. The first-order valence-electron chi connectivity index (χ1n) is 10.0. The molecule has 7 nitrogen and oxygen atoms in total. The summed E-state index contributed by atoms with van der Waals surface area (Å²) in [7, 11) is -2.46. The smallest absolute Gasteiger partial charge is 0.340 e. The standard InChI is InChI=1S/C24H23ClN2O5S/c1-17(23(28)26-19-11-7-4-8-12-19)32-24(29)21-15-20(13-14-22(21)25)33(30,31)27(2)16-18-9-5-3-6-10-18/h3-15,17H,16H2,1-2H3,(H,26,28)/t17-/m0/s1. The SMILES string of the molecule is C[C@H](OC(=O)c1cc(S(=O)(=O)N(C)Cc2ccccc2)ccc1Cl)C(=O)Nc1ccccc1. The maximum Gasteiger partial charge on any atom is 0.340 e. The molecule has 0 aromatic heterocycles. The fraction of sp³-hybridized carbons (Fsp3) is 0.167. The molecule has 0 saturated heterocycles. The van der Waals surface area contributed by atoms with Gasteiger partial charge in [0.1, 0.15) is 0 Å². The second kappa shape index (κ2) is 10.6. The molecule has 0 aliphatic heterocycles. The zero-order valence-electron chi connectivity index (χ0n) is 18.1. The first-order valence-corrected chi connectivity index (χ1v) is 11.9. The molecule has 0 aliphatic rings. The number of esters is 1. The highest BCUT2D eigenvalue weighted by Crippen LogP contribution is 2.24. The molecule has 33 heavy (non-hydrogen) atoms. The Balaban J connectivity index is 1.74. The summed E-state index contributed by atoms with van der Waals surface area (Å²) in [6.45, 7) is 1.57. The zero-order chi connectivity index (χ0) is 24.0. The number of hydrogen-bond acceptors (Lipinski definition) is 5. The minimum atomic E-state index is -3.91. The van der Waals surface area contributed by atoms with E-state index in [1.165, 1.54) is 30.4 Å². The van der Waals surface area contributed by atoms with Crippen molar-refractivity contribution in [1.29, 1.82) is 0 Å². The van der Waals surface area contributed by atoms with Gasteiger partial charge in [-0.25, -0.2) is 13.2 Å². The summed E-state index contributed by atoms with van der Waals surface area (Å²) in [4.78, 5) is 24.9. The first kappa shape index (κ1) is 24.4. The van der Waals surface area contributed by atoms with E-state index in [1.54, 1.807) is 30.3 Å². The molecule has 3 aromatic rings. The second-order valence-corrected chi connectivity index (χ2v) is 9.74. The van der Waals surface area contributed by atoms with Crippen LogP contribution < -0.4 is 5.32 Å². The van der Waals surface area contributed by atoms with E-state index >= 15 is 0 Å². The van der Waals surface area contributed by atoms with Crippen molar-refractivity contribution in [2.24, 2.45) is 0 Å². The maximum absolute atomic E-state index is 13.0. The number of benzene rings is 3. The van der Waals surface area contributed by atoms with Gasteiger partial charge in [-0.3, -0.25) is 4.79 Å². The van der Waals surface area contributed by atoms with E-state index in [2.05, 4.69) is 5.32 Å². The summed E-state index contributed by atoms with van der Waals surface area (Å²) in [6.07, 6.45) is -1.13. The van der Waals surface area contributed by atoms with Crippen molar-refractivity contribution in [2.45, 2.75) is 24.5 Å².